The number of hydrogen-bond donors (Lipinski definition) is 1. The van der Waals surface area contributed by atoms with E-state index >= 15 is 0 Å². The predicted molar refractivity (Wildman–Crippen MR) is 104 cm³/mol. The molecule has 0 atom stereocenters. The zero-order valence-electron chi connectivity index (χ0n) is 16.1. The Morgan fingerprint density at radius 1 is 1.00 bits per heavy atom. The van der Waals surface area contributed by atoms with E-state index in [9.17, 15) is 9.59 Å². The summed E-state index contributed by atoms with van der Waals surface area (Å²) in [6.45, 7) is 8.81. The number of rotatable bonds is 7. The van der Waals surface area contributed by atoms with Crippen LogP contribution in [0, 0.1) is 12.3 Å². The smallest absolute Gasteiger partial charge is 0.237 e. The number of nitrogens with zero attached hydrogens (tertiary/aromatic N) is 1. The van der Waals surface area contributed by atoms with E-state index < -0.39 is 5.41 Å². The van der Waals surface area contributed by atoms with Gasteiger partial charge in [0.2, 0.25) is 11.8 Å². The zero-order valence-corrected chi connectivity index (χ0v) is 16.1. The average Bonchev–Trinajstić information content (AvgIpc) is 2.64. The Labute approximate surface area is 156 Å². The topological polar surface area (TPSA) is 49.4 Å². The minimum absolute atomic E-state index is 0.161. The summed E-state index contributed by atoms with van der Waals surface area (Å²) >= 11 is 0. The highest BCUT2D eigenvalue weighted by Gasteiger charge is 2.38. The number of amides is 2. The Morgan fingerprint density at radius 2 is 1.65 bits per heavy atom. The summed E-state index contributed by atoms with van der Waals surface area (Å²) in [5.74, 6) is -0.416. The van der Waals surface area contributed by atoms with Crippen LogP contribution in [0.25, 0.3) is 0 Å². The second kappa shape index (κ2) is 8.65. The first-order chi connectivity index (χ1) is 12.3. The lowest BCUT2D eigenvalue weighted by Crippen LogP contribution is -2.49. The monoisotopic (exact) mass is 352 g/mol. The molecule has 0 saturated heterocycles. The fourth-order valence-electron chi connectivity index (χ4n) is 2.85. The molecule has 0 aliphatic rings. The fraction of sp³-hybridized carbons (Fsp3) is 0.364. The lowest BCUT2D eigenvalue weighted by atomic mass is 9.90. The molecule has 0 bridgehead atoms. The molecule has 2 amide bonds. The third kappa shape index (κ3) is 4.94. The molecule has 4 nitrogen and oxygen atoms in total. The molecule has 0 spiro atoms. The molecule has 4 heteroatoms. The molecule has 0 aliphatic heterocycles. The van der Waals surface area contributed by atoms with E-state index in [2.05, 4.69) is 5.32 Å². The summed E-state index contributed by atoms with van der Waals surface area (Å²) in [7, 11) is 0. The predicted octanol–water partition coefficient (Wildman–Crippen LogP) is 3.69. The minimum atomic E-state index is -1.12. The zero-order chi connectivity index (χ0) is 19.2. The van der Waals surface area contributed by atoms with E-state index in [1.165, 1.54) is 0 Å². The van der Waals surface area contributed by atoms with Gasteiger partial charge in [0.15, 0.2) is 0 Å². The Balaban J connectivity index is 2.03. The van der Waals surface area contributed by atoms with Crippen molar-refractivity contribution in [3.8, 4) is 0 Å². The molecule has 2 aromatic rings. The Bertz CT molecular complexity index is 754. The lowest BCUT2D eigenvalue weighted by molar-refractivity contribution is -0.149. The van der Waals surface area contributed by atoms with Gasteiger partial charge in [0.05, 0.1) is 0 Å². The van der Waals surface area contributed by atoms with Crippen LogP contribution in [0.5, 0.6) is 0 Å². The van der Waals surface area contributed by atoms with E-state index in [1.807, 2.05) is 68.4 Å². The molecular formula is C22H28N2O2. The summed E-state index contributed by atoms with van der Waals surface area (Å²) in [5.41, 5.74) is 2.11. The fourth-order valence-corrected chi connectivity index (χ4v) is 2.85. The summed E-state index contributed by atoms with van der Waals surface area (Å²) in [4.78, 5) is 27.4. The number of carbonyl (C=O) groups excluding carboxylic acids is 2. The second-order valence-electron chi connectivity index (χ2n) is 7.10. The average molecular weight is 352 g/mol. The highest BCUT2D eigenvalue weighted by Crippen LogP contribution is 2.21. The Kier molecular flexibility index (Phi) is 6.56. The molecule has 0 heterocycles. The first-order valence-corrected chi connectivity index (χ1v) is 9.01. The van der Waals surface area contributed by atoms with Crippen molar-refractivity contribution in [1.82, 2.24) is 10.2 Å². The van der Waals surface area contributed by atoms with E-state index in [-0.39, 0.29) is 11.8 Å². The van der Waals surface area contributed by atoms with E-state index in [1.54, 1.807) is 18.7 Å². The standard InChI is InChI=1S/C22H28N2O2/c1-5-24(16-18-11-7-6-8-12-18)21(26)22(3,4)20(25)23-15-19-13-9-10-17(2)14-19/h6-14H,5,15-16H2,1-4H3,(H,23,25). The van der Waals surface area contributed by atoms with Crippen LogP contribution in [0.3, 0.4) is 0 Å². The molecule has 0 fully saturated rings. The van der Waals surface area contributed by atoms with Crippen molar-refractivity contribution < 1.29 is 9.59 Å². The first kappa shape index (κ1) is 19.7. The summed E-state index contributed by atoms with van der Waals surface area (Å²) in [6.07, 6.45) is 0. The van der Waals surface area contributed by atoms with Crippen molar-refractivity contribution in [3.63, 3.8) is 0 Å². The molecular weight excluding hydrogens is 324 g/mol. The third-order valence-electron chi connectivity index (χ3n) is 4.52. The van der Waals surface area contributed by atoms with Gasteiger partial charge in [0.1, 0.15) is 5.41 Å². The van der Waals surface area contributed by atoms with Crippen LogP contribution in [0.1, 0.15) is 37.5 Å². The third-order valence-corrected chi connectivity index (χ3v) is 4.52. The van der Waals surface area contributed by atoms with Crippen molar-refractivity contribution in [3.05, 3.63) is 71.3 Å². The normalized spacial score (nSPS) is 11.1. The van der Waals surface area contributed by atoms with Crippen LogP contribution >= 0.6 is 0 Å². The van der Waals surface area contributed by atoms with Gasteiger partial charge < -0.3 is 10.2 Å². The summed E-state index contributed by atoms with van der Waals surface area (Å²) < 4.78 is 0. The van der Waals surface area contributed by atoms with Crippen LogP contribution in [0.2, 0.25) is 0 Å². The SMILES string of the molecule is CCN(Cc1ccccc1)C(=O)C(C)(C)C(=O)NCc1cccc(C)c1. The highest BCUT2D eigenvalue weighted by molar-refractivity contribution is 6.04. The van der Waals surface area contributed by atoms with Crippen LogP contribution in [0.15, 0.2) is 54.6 Å². The van der Waals surface area contributed by atoms with Crippen LogP contribution in [-0.4, -0.2) is 23.3 Å². The van der Waals surface area contributed by atoms with Gasteiger partial charge in [-0.3, -0.25) is 9.59 Å². The number of aryl methyl sites for hydroxylation is 1. The minimum Gasteiger partial charge on any atom is -0.351 e. The van der Waals surface area contributed by atoms with Crippen LogP contribution in [0.4, 0.5) is 0 Å². The van der Waals surface area contributed by atoms with E-state index in [0.29, 0.717) is 19.6 Å². The number of carbonyl (C=O) groups is 2. The molecule has 0 saturated carbocycles. The van der Waals surface area contributed by atoms with Gasteiger partial charge in [-0.25, -0.2) is 0 Å². The van der Waals surface area contributed by atoms with Crippen molar-refractivity contribution in [2.45, 2.75) is 40.8 Å². The van der Waals surface area contributed by atoms with E-state index in [4.69, 9.17) is 0 Å². The number of nitrogens with one attached hydrogen (secondary N) is 1. The van der Waals surface area contributed by atoms with Gasteiger partial charge >= 0.3 is 0 Å². The molecule has 0 radical (unpaired) electrons. The maximum Gasteiger partial charge on any atom is 0.237 e. The van der Waals surface area contributed by atoms with Crippen molar-refractivity contribution in [2.24, 2.45) is 5.41 Å². The van der Waals surface area contributed by atoms with Gasteiger partial charge in [-0.05, 0) is 38.8 Å². The second-order valence-corrected chi connectivity index (χ2v) is 7.10. The van der Waals surface area contributed by atoms with Crippen molar-refractivity contribution in [1.29, 1.82) is 0 Å². The maximum atomic E-state index is 13.0. The Hall–Kier alpha value is -2.62. The summed E-state index contributed by atoms with van der Waals surface area (Å²) in [5, 5.41) is 2.90. The molecule has 0 aliphatic carbocycles. The molecule has 138 valence electrons. The Morgan fingerprint density at radius 3 is 2.27 bits per heavy atom. The van der Waals surface area contributed by atoms with Gasteiger partial charge in [-0.1, -0.05) is 60.2 Å². The number of hydrogen-bond acceptors (Lipinski definition) is 2. The summed E-state index contributed by atoms with van der Waals surface area (Å²) in [6, 6.07) is 17.8. The maximum absolute atomic E-state index is 13.0. The molecule has 26 heavy (non-hydrogen) atoms. The van der Waals surface area contributed by atoms with Gasteiger partial charge in [0, 0.05) is 19.6 Å². The van der Waals surface area contributed by atoms with Crippen molar-refractivity contribution >= 4 is 11.8 Å². The van der Waals surface area contributed by atoms with E-state index in [0.717, 1.165) is 16.7 Å². The largest absolute Gasteiger partial charge is 0.351 e. The van der Waals surface area contributed by atoms with Crippen LogP contribution < -0.4 is 5.32 Å². The van der Waals surface area contributed by atoms with Gasteiger partial charge in [-0.15, -0.1) is 0 Å². The molecule has 2 rings (SSSR count). The lowest BCUT2D eigenvalue weighted by Gasteiger charge is -2.30. The molecule has 1 N–H and O–H groups in total. The first-order valence-electron chi connectivity index (χ1n) is 9.01. The van der Waals surface area contributed by atoms with Gasteiger partial charge in [-0.2, -0.15) is 0 Å². The molecule has 0 unspecified atom stereocenters. The van der Waals surface area contributed by atoms with Crippen molar-refractivity contribution in [2.75, 3.05) is 6.54 Å². The van der Waals surface area contributed by atoms with Gasteiger partial charge in [0.25, 0.3) is 0 Å². The highest BCUT2D eigenvalue weighted by atomic mass is 16.2. The van der Waals surface area contributed by atoms with Crippen LogP contribution in [-0.2, 0) is 22.7 Å². The molecule has 2 aromatic carbocycles. The molecule has 0 aromatic heterocycles. The quantitative estimate of drug-likeness (QED) is 0.773. The number of benzene rings is 2.